The van der Waals surface area contributed by atoms with E-state index in [-0.39, 0.29) is 24.0 Å². The van der Waals surface area contributed by atoms with Crippen LogP contribution in [0.5, 0.6) is 0 Å². The van der Waals surface area contributed by atoms with Gasteiger partial charge in [-0.2, -0.15) is 11.3 Å². The Bertz CT molecular complexity index is 643. The van der Waals surface area contributed by atoms with Crippen LogP contribution in [0.1, 0.15) is 30.9 Å². The van der Waals surface area contributed by atoms with Crippen molar-refractivity contribution >= 4 is 47.1 Å². The summed E-state index contributed by atoms with van der Waals surface area (Å²) in [6, 6.07) is 6.26. The van der Waals surface area contributed by atoms with Crippen molar-refractivity contribution in [2.24, 2.45) is 4.99 Å². The zero-order valence-electron chi connectivity index (χ0n) is 15.3. The van der Waals surface area contributed by atoms with Gasteiger partial charge in [0.05, 0.1) is 6.54 Å². The molecular formula is C18H28IN5S. The van der Waals surface area contributed by atoms with E-state index in [0.717, 1.165) is 30.4 Å². The van der Waals surface area contributed by atoms with Crippen molar-refractivity contribution < 1.29 is 0 Å². The number of halogens is 1. The van der Waals surface area contributed by atoms with Gasteiger partial charge in [-0.25, -0.2) is 9.98 Å². The molecule has 0 aliphatic heterocycles. The molecule has 2 N–H and O–H groups in total. The zero-order chi connectivity index (χ0) is 17.4. The smallest absolute Gasteiger partial charge is 0.191 e. The fraction of sp³-hybridized carbons (Fsp3) is 0.444. The van der Waals surface area contributed by atoms with E-state index < -0.39 is 0 Å². The molecule has 5 nitrogen and oxygen atoms in total. The average molecular weight is 473 g/mol. The molecule has 2 heterocycles. The summed E-state index contributed by atoms with van der Waals surface area (Å²) in [5.74, 6) is 2.26. The Morgan fingerprint density at radius 2 is 2.12 bits per heavy atom. The molecule has 0 aliphatic carbocycles. The van der Waals surface area contributed by atoms with Gasteiger partial charge in [0.1, 0.15) is 5.82 Å². The standard InChI is InChI=1S/C18H27N5S.HI/c1-5-19-18(21-11-14(2)16-7-9-24-13-16)22-12-15-6-8-20-17(10-15)23(3)4;/h6-10,13-14H,5,11-12H2,1-4H3,(H2,19,21,22);1H. The van der Waals surface area contributed by atoms with Gasteiger partial charge in [-0.3, -0.25) is 0 Å². The maximum absolute atomic E-state index is 4.69. The Morgan fingerprint density at radius 1 is 1.32 bits per heavy atom. The molecule has 2 aromatic heterocycles. The molecule has 2 aromatic rings. The third kappa shape index (κ3) is 7.19. The van der Waals surface area contributed by atoms with E-state index in [1.54, 1.807) is 11.3 Å². The lowest BCUT2D eigenvalue weighted by molar-refractivity contribution is 0.701. The first-order valence-electron chi connectivity index (χ1n) is 8.26. The third-order valence-corrected chi connectivity index (χ3v) is 4.42. The van der Waals surface area contributed by atoms with E-state index in [2.05, 4.69) is 57.4 Å². The highest BCUT2D eigenvalue weighted by Gasteiger charge is 2.07. The molecule has 1 unspecified atom stereocenters. The van der Waals surface area contributed by atoms with Crippen LogP contribution in [0.2, 0.25) is 0 Å². The van der Waals surface area contributed by atoms with Gasteiger partial charge in [0.15, 0.2) is 5.96 Å². The molecule has 0 saturated heterocycles. The minimum absolute atomic E-state index is 0. The van der Waals surface area contributed by atoms with Crippen molar-refractivity contribution in [3.63, 3.8) is 0 Å². The van der Waals surface area contributed by atoms with Crippen LogP contribution in [0.4, 0.5) is 5.82 Å². The number of rotatable bonds is 7. The summed E-state index contributed by atoms with van der Waals surface area (Å²) in [7, 11) is 3.99. The number of pyridine rings is 1. The molecule has 7 heteroatoms. The minimum Gasteiger partial charge on any atom is -0.363 e. The van der Waals surface area contributed by atoms with Crippen LogP contribution in [0.3, 0.4) is 0 Å². The summed E-state index contributed by atoms with van der Waals surface area (Å²) in [5, 5.41) is 11.1. The first kappa shape index (κ1) is 21.7. The number of thiophene rings is 1. The van der Waals surface area contributed by atoms with E-state index in [0.29, 0.717) is 12.5 Å². The monoisotopic (exact) mass is 473 g/mol. The third-order valence-electron chi connectivity index (χ3n) is 3.72. The molecule has 1 atom stereocenters. The Labute approximate surface area is 172 Å². The summed E-state index contributed by atoms with van der Waals surface area (Å²) in [6.45, 7) is 6.65. The second-order valence-electron chi connectivity index (χ2n) is 5.95. The Morgan fingerprint density at radius 3 is 2.76 bits per heavy atom. The minimum atomic E-state index is 0. The molecule has 0 amide bonds. The highest BCUT2D eigenvalue weighted by molar-refractivity contribution is 14.0. The number of aliphatic imine (C=N–C) groups is 1. The van der Waals surface area contributed by atoms with Crippen LogP contribution < -0.4 is 15.5 Å². The van der Waals surface area contributed by atoms with Crippen LogP contribution in [-0.2, 0) is 6.54 Å². The van der Waals surface area contributed by atoms with Gasteiger partial charge < -0.3 is 15.5 Å². The first-order valence-corrected chi connectivity index (χ1v) is 9.21. The summed E-state index contributed by atoms with van der Waals surface area (Å²) in [4.78, 5) is 11.0. The summed E-state index contributed by atoms with van der Waals surface area (Å²) in [5.41, 5.74) is 2.52. The Kier molecular flexibility index (Phi) is 9.81. The number of nitrogens with zero attached hydrogens (tertiary/aromatic N) is 3. The maximum atomic E-state index is 4.69. The summed E-state index contributed by atoms with van der Waals surface area (Å²) in [6.07, 6.45) is 1.83. The van der Waals surface area contributed by atoms with Crippen molar-refractivity contribution in [3.8, 4) is 0 Å². The van der Waals surface area contributed by atoms with Gasteiger partial charge in [-0.05, 0) is 52.9 Å². The molecule has 25 heavy (non-hydrogen) atoms. The van der Waals surface area contributed by atoms with E-state index in [9.17, 15) is 0 Å². The van der Waals surface area contributed by atoms with Gasteiger partial charge >= 0.3 is 0 Å². The van der Waals surface area contributed by atoms with Crippen LogP contribution in [0.25, 0.3) is 0 Å². The van der Waals surface area contributed by atoms with Crippen molar-refractivity contribution in [1.82, 2.24) is 15.6 Å². The molecule has 0 fully saturated rings. The zero-order valence-corrected chi connectivity index (χ0v) is 18.5. The predicted octanol–water partition coefficient (Wildman–Crippen LogP) is 3.69. The predicted molar refractivity (Wildman–Crippen MR) is 120 cm³/mol. The summed E-state index contributed by atoms with van der Waals surface area (Å²) < 4.78 is 0. The fourth-order valence-electron chi connectivity index (χ4n) is 2.24. The number of hydrogen-bond acceptors (Lipinski definition) is 4. The number of nitrogens with one attached hydrogen (secondary N) is 2. The highest BCUT2D eigenvalue weighted by atomic mass is 127. The van der Waals surface area contributed by atoms with Crippen LogP contribution >= 0.6 is 35.3 Å². The van der Waals surface area contributed by atoms with E-state index in [1.807, 2.05) is 31.3 Å². The molecule has 0 saturated carbocycles. The van der Waals surface area contributed by atoms with Gasteiger partial charge in [0.2, 0.25) is 0 Å². The van der Waals surface area contributed by atoms with Crippen molar-refractivity contribution in [2.75, 3.05) is 32.1 Å². The maximum Gasteiger partial charge on any atom is 0.191 e. The lowest BCUT2D eigenvalue weighted by Crippen LogP contribution is -2.39. The largest absolute Gasteiger partial charge is 0.363 e. The summed E-state index contributed by atoms with van der Waals surface area (Å²) >= 11 is 1.74. The Balaban J connectivity index is 0.00000312. The van der Waals surface area contributed by atoms with E-state index >= 15 is 0 Å². The lowest BCUT2D eigenvalue weighted by Gasteiger charge is -2.15. The molecule has 0 aliphatic rings. The lowest BCUT2D eigenvalue weighted by atomic mass is 10.1. The van der Waals surface area contributed by atoms with Gasteiger partial charge in [-0.1, -0.05) is 6.92 Å². The molecule has 138 valence electrons. The first-order chi connectivity index (χ1) is 11.6. The Hall–Kier alpha value is -1.35. The molecule has 0 bridgehead atoms. The fourth-order valence-corrected chi connectivity index (χ4v) is 3.02. The molecule has 2 rings (SSSR count). The van der Waals surface area contributed by atoms with Crippen LogP contribution in [-0.4, -0.2) is 38.1 Å². The van der Waals surface area contributed by atoms with Crippen molar-refractivity contribution in [2.45, 2.75) is 26.3 Å². The number of aromatic nitrogens is 1. The molecular weight excluding hydrogens is 445 g/mol. The molecule has 0 spiro atoms. The van der Waals surface area contributed by atoms with Crippen LogP contribution in [0.15, 0.2) is 40.1 Å². The van der Waals surface area contributed by atoms with Crippen LogP contribution in [0, 0.1) is 0 Å². The van der Waals surface area contributed by atoms with E-state index in [4.69, 9.17) is 0 Å². The molecule has 0 aromatic carbocycles. The van der Waals surface area contributed by atoms with Crippen molar-refractivity contribution in [1.29, 1.82) is 0 Å². The van der Waals surface area contributed by atoms with Gasteiger partial charge in [0, 0.05) is 33.4 Å². The normalized spacial score (nSPS) is 12.2. The van der Waals surface area contributed by atoms with Gasteiger partial charge in [0.25, 0.3) is 0 Å². The van der Waals surface area contributed by atoms with E-state index in [1.165, 1.54) is 5.56 Å². The second kappa shape index (κ2) is 11.3. The number of guanidine groups is 1. The average Bonchev–Trinajstić information content (AvgIpc) is 3.12. The second-order valence-corrected chi connectivity index (χ2v) is 6.73. The number of hydrogen-bond donors (Lipinski definition) is 2. The topological polar surface area (TPSA) is 52.6 Å². The SMILES string of the molecule is CCNC(=NCc1ccnc(N(C)C)c1)NCC(C)c1ccsc1.I. The van der Waals surface area contributed by atoms with Gasteiger partial charge in [-0.15, -0.1) is 24.0 Å². The molecule has 0 radical (unpaired) electrons. The highest BCUT2D eigenvalue weighted by Crippen LogP contribution is 2.17. The van der Waals surface area contributed by atoms with Crippen molar-refractivity contribution in [3.05, 3.63) is 46.3 Å². The number of anilines is 1. The quantitative estimate of drug-likeness (QED) is 0.366.